The van der Waals surface area contributed by atoms with Crippen LogP contribution in [0.3, 0.4) is 0 Å². The van der Waals surface area contributed by atoms with Gasteiger partial charge in [-0.3, -0.25) is 9.69 Å². The van der Waals surface area contributed by atoms with E-state index < -0.39 is 10.0 Å². The molecule has 4 aromatic rings. The van der Waals surface area contributed by atoms with Crippen LogP contribution in [0.4, 0.5) is 0 Å². The van der Waals surface area contributed by atoms with Gasteiger partial charge in [0.1, 0.15) is 5.69 Å². The summed E-state index contributed by atoms with van der Waals surface area (Å²) >= 11 is 1.39. The zero-order valence-electron chi connectivity index (χ0n) is 26.2. The van der Waals surface area contributed by atoms with Crippen molar-refractivity contribution in [2.75, 3.05) is 39.3 Å². The number of thioether (sulfide) groups is 1. The highest BCUT2D eigenvalue weighted by atomic mass is 32.2. The fourth-order valence-corrected chi connectivity index (χ4v) is 8.80. The number of nitrogens with zero attached hydrogens (tertiary/aromatic N) is 6. The fourth-order valence-electron chi connectivity index (χ4n) is 6.28. The molecule has 3 aromatic carbocycles. The third-order valence-electron chi connectivity index (χ3n) is 8.86. The van der Waals surface area contributed by atoms with E-state index in [0.717, 1.165) is 74.8 Å². The van der Waals surface area contributed by atoms with Gasteiger partial charge in [-0.05, 0) is 60.5 Å². The predicted octanol–water partition coefficient (Wildman–Crippen LogP) is 5.89. The molecule has 7 rings (SSSR count). The quantitative estimate of drug-likeness (QED) is 0.227. The van der Waals surface area contributed by atoms with Crippen LogP contribution in [0.1, 0.15) is 36.8 Å². The summed E-state index contributed by atoms with van der Waals surface area (Å²) in [5, 5.41) is 5.63. The molecule has 3 aliphatic rings. The fraction of sp³-hybridized carbons (Fsp3) is 0.306. The minimum absolute atomic E-state index is 0.258. The normalized spacial score (nSPS) is 19.2. The third kappa shape index (κ3) is 7.13. The number of piperazine rings is 1. The zero-order valence-corrected chi connectivity index (χ0v) is 27.9. The molecule has 0 aliphatic carbocycles. The molecule has 242 valence electrons. The maximum Gasteiger partial charge on any atom is 0.286 e. The zero-order chi connectivity index (χ0) is 32.2. The number of carbonyl (C=O) groups is 1. The summed E-state index contributed by atoms with van der Waals surface area (Å²) in [4.78, 5) is 23.1. The van der Waals surface area contributed by atoms with Gasteiger partial charge in [0.05, 0.1) is 15.5 Å². The van der Waals surface area contributed by atoms with Crippen LogP contribution in [0.5, 0.6) is 0 Å². The summed E-state index contributed by atoms with van der Waals surface area (Å²) in [6.45, 7) is 5.38. The molecule has 0 N–H and O–H groups in total. The maximum atomic E-state index is 13.7. The second-order valence-corrected chi connectivity index (χ2v) is 15.1. The van der Waals surface area contributed by atoms with Crippen molar-refractivity contribution in [2.24, 2.45) is 4.99 Å². The van der Waals surface area contributed by atoms with Crippen molar-refractivity contribution >= 4 is 38.9 Å². The van der Waals surface area contributed by atoms with E-state index in [2.05, 4.69) is 39.1 Å². The van der Waals surface area contributed by atoms with E-state index in [1.54, 1.807) is 27.2 Å². The van der Waals surface area contributed by atoms with Crippen LogP contribution < -0.4 is 0 Å². The first kappa shape index (κ1) is 31.6. The number of sulfonamides is 1. The smallest absolute Gasteiger partial charge is 0.286 e. The van der Waals surface area contributed by atoms with E-state index in [4.69, 9.17) is 5.10 Å². The third-order valence-corrected chi connectivity index (χ3v) is 11.8. The number of aliphatic imine (C=N–C) groups is 1. The Morgan fingerprint density at radius 2 is 1.49 bits per heavy atom. The molecule has 1 aromatic heterocycles. The van der Waals surface area contributed by atoms with E-state index in [1.165, 1.54) is 17.3 Å². The van der Waals surface area contributed by atoms with E-state index in [0.29, 0.717) is 29.3 Å². The van der Waals surface area contributed by atoms with Gasteiger partial charge in [-0.25, -0.2) is 13.1 Å². The molecule has 0 unspecified atom stereocenters. The van der Waals surface area contributed by atoms with Gasteiger partial charge in [0.2, 0.25) is 10.0 Å². The molecule has 4 heterocycles. The molecule has 47 heavy (non-hydrogen) atoms. The Morgan fingerprint density at radius 3 is 2.21 bits per heavy atom. The van der Waals surface area contributed by atoms with Crippen LogP contribution in [0.2, 0.25) is 0 Å². The summed E-state index contributed by atoms with van der Waals surface area (Å²) in [6, 6.07) is 27.2. The Morgan fingerprint density at radius 1 is 0.787 bits per heavy atom. The Bertz CT molecular complexity index is 1890. The molecule has 0 saturated carbocycles. The van der Waals surface area contributed by atoms with Crippen LogP contribution in [0, 0.1) is 0 Å². The highest BCUT2D eigenvalue weighted by Crippen LogP contribution is 2.34. The molecule has 0 radical (unpaired) electrons. The summed E-state index contributed by atoms with van der Waals surface area (Å²) in [7, 11) is -3.65. The van der Waals surface area contributed by atoms with Crippen molar-refractivity contribution in [2.45, 2.75) is 37.1 Å². The van der Waals surface area contributed by atoms with Gasteiger partial charge in [0.25, 0.3) is 5.91 Å². The summed E-state index contributed by atoms with van der Waals surface area (Å²) < 4.78 is 30.7. The highest BCUT2D eigenvalue weighted by Gasteiger charge is 2.30. The molecular formula is C36H38N6O3S2. The SMILES string of the molecule is O=C1N=C(N2CCN(Cc3ccccc3)CC2)SC1=Cc1cn(-c2ccccc2)nc1-c1cccc(S(=O)(=O)N2CCCCCC2)c1. The predicted molar refractivity (Wildman–Crippen MR) is 188 cm³/mol. The first-order valence-electron chi connectivity index (χ1n) is 16.2. The van der Waals surface area contributed by atoms with Crippen LogP contribution in [-0.2, 0) is 21.4 Å². The van der Waals surface area contributed by atoms with Crippen molar-refractivity contribution in [3.63, 3.8) is 0 Å². The molecule has 9 nitrogen and oxygen atoms in total. The van der Waals surface area contributed by atoms with Gasteiger partial charge < -0.3 is 4.90 Å². The lowest BCUT2D eigenvalue weighted by molar-refractivity contribution is -0.113. The van der Waals surface area contributed by atoms with Crippen molar-refractivity contribution in [1.82, 2.24) is 23.9 Å². The van der Waals surface area contributed by atoms with Crippen molar-refractivity contribution in [3.8, 4) is 16.9 Å². The van der Waals surface area contributed by atoms with E-state index in [-0.39, 0.29) is 10.8 Å². The van der Waals surface area contributed by atoms with Gasteiger partial charge in [0, 0.05) is 63.1 Å². The summed E-state index contributed by atoms with van der Waals surface area (Å²) in [5.74, 6) is -0.271. The minimum Gasteiger partial charge on any atom is -0.348 e. The van der Waals surface area contributed by atoms with Crippen LogP contribution in [0.15, 0.2) is 106 Å². The van der Waals surface area contributed by atoms with Gasteiger partial charge in [0.15, 0.2) is 5.17 Å². The molecule has 0 atom stereocenters. The van der Waals surface area contributed by atoms with E-state index in [9.17, 15) is 13.2 Å². The second-order valence-electron chi connectivity index (χ2n) is 12.1. The van der Waals surface area contributed by atoms with Crippen LogP contribution in [-0.4, -0.2) is 82.6 Å². The minimum atomic E-state index is -3.65. The number of amidine groups is 1. The van der Waals surface area contributed by atoms with E-state index >= 15 is 0 Å². The topological polar surface area (TPSA) is 91.1 Å². The molecule has 2 saturated heterocycles. The number of rotatable bonds is 7. The van der Waals surface area contributed by atoms with Crippen LogP contribution >= 0.6 is 11.8 Å². The first-order chi connectivity index (χ1) is 22.9. The monoisotopic (exact) mass is 666 g/mol. The number of para-hydroxylation sites is 1. The molecular weight excluding hydrogens is 629 g/mol. The van der Waals surface area contributed by atoms with Gasteiger partial charge >= 0.3 is 0 Å². The number of hydrogen-bond donors (Lipinski definition) is 0. The number of carbonyl (C=O) groups excluding carboxylic acids is 1. The Balaban J connectivity index is 1.14. The number of hydrogen-bond acceptors (Lipinski definition) is 7. The standard InChI is InChI=1S/C36H38N6O3S2/c43-35-33(46-36(37-35)40-22-20-39(21-23-40)26-28-12-5-3-6-13-28)25-30-27-42(31-15-7-4-8-16-31)38-34(30)29-14-11-17-32(24-29)47(44,45)41-18-9-1-2-10-19-41/h3-8,11-17,24-25,27H,1-2,9-10,18-23,26H2. The average molecular weight is 667 g/mol. The molecule has 3 aliphatic heterocycles. The lowest BCUT2D eigenvalue weighted by Gasteiger charge is -2.35. The highest BCUT2D eigenvalue weighted by molar-refractivity contribution is 8.18. The van der Waals surface area contributed by atoms with E-state index in [1.807, 2.05) is 54.7 Å². The van der Waals surface area contributed by atoms with Gasteiger partial charge in [-0.2, -0.15) is 14.4 Å². The average Bonchev–Trinajstić information content (AvgIpc) is 3.57. The van der Waals surface area contributed by atoms with Crippen LogP contribution in [0.25, 0.3) is 23.0 Å². The Labute approximate surface area is 280 Å². The second kappa shape index (κ2) is 14.0. The summed E-state index contributed by atoms with van der Waals surface area (Å²) in [6.07, 6.45) is 7.57. The molecule has 0 bridgehead atoms. The first-order valence-corrected chi connectivity index (χ1v) is 18.5. The number of benzene rings is 3. The summed E-state index contributed by atoms with van der Waals surface area (Å²) in [5.41, 5.74) is 4.16. The maximum absolute atomic E-state index is 13.7. The molecule has 0 spiro atoms. The number of amides is 1. The largest absolute Gasteiger partial charge is 0.348 e. The number of aromatic nitrogens is 2. The lowest BCUT2D eigenvalue weighted by atomic mass is 10.1. The van der Waals surface area contributed by atoms with Gasteiger partial charge in [-0.1, -0.05) is 73.5 Å². The molecule has 2 fully saturated rings. The Hall–Kier alpha value is -4.03. The molecule has 11 heteroatoms. The van der Waals surface area contributed by atoms with Crippen molar-refractivity contribution in [1.29, 1.82) is 0 Å². The van der Waals surface area contributed by atoms with Crippen molar-refractivity contribution in [3.05, 3.63) is 107 Å². The Kier molecular flexibility index (Phi) is 9.39. The van der Waals surface area contributed by atoms with Gasteiger partial charge in [-0.15, -0.1) is 0 Å². The molecule has 1 amide bonds. The lowest BCUT2D eigenvalue weighted by Crippen LogP contribution is -2.47. The van der Waals surface area contributed by atoms with Crippen molar-refractivity contribution < 1.29 is 13.2 Å².